The molecule has 3 N–H and O–H groups in total. The molecular formula is C19H22N4O4S2. The van der Waals surface area contributed by atoms with Crippen LogP contribution in [0.4, 0.5) is 0 Å². The fourth-order valence-corrected chi connectivity index (χ4v) is 7.21. The number of hydrogen-bond acceptors (Lipinski definition) is 7. The summed E-state index contributed by atoms with van der Waals surface area (Å²) in [6.07, 6.45) is 3.98. The van der Waals surface area contributed by atoms with Crippen molar-refractivity contribution in [1.29, 1.82) is 0 Å². The highest BCUT2D eigenvalue weighted by Crippen LogP contribution is 2.51. The minimum atomic E-state index is -1.10. The maximum absolute atomic E-state index is 12.5. The summed E-state index contributed by atoms with van der Waals surface area (Å²) in [5.41, 5.74) is 0.724. The van der Waals surface area contributed by atoms with Gasteiger partial charge >= 0.3 is 5.97 Å². The summed E-state index contributed by atoms with van der Waals surface area (Å²) < 4.78 is 1.94. The topological polar surface area (TPSA) is 107 Å². The van der Waals surface area contributed by atoms with E-state index >= 15 is 0 Å². The molecule has 0 spiro atoms. The number of carbonyl (C=O) groups excluding carboxylic acids is 1. The molecule has 8 nitrogen and oxygen atoms in total. The van der Waals surface area contributed by atoms with Crippen molar-refractivity contribution in [2.24, 2.45) is 11.8 Å². The lowest BCUT2D eigenvalue weighted by molar-refractivity contribution is -0.163. The van der Waals surface area contributed by atoms with Crippen LogP contribution in [0.25, 0.3) is 10.4 Å². The molecule has 2 aromatic rings. The Morgan fingerprint density at radius 3 is 2.93 bits per heavy atom. The molecule has 0 bridgehead atoms. The molecule has 154 valence electrons. The number of carboxylic acid groups (broad SMARTS) is 1. The number of amides is 1. The summed E-state index contributed by atoms with van der Waals surface area (Å²) in [6, 6.07) is -0.304. The SMILES string of the molecule is C[C@@H](O)[C@H]1C(=O)N2C(C(=O)O)=C(c3cn4cnc(S[C@H]5CCNC5)c4s3)[C@H](C)[C@H]12. The van der Waals surface area contributed by atoms with Crippen molar-refractivity contribution in [2.45, 2.75) is 42.7 Å². The predicted octanol–water partition coefficient (Wildman–Crippen LogP) is 1.50. The Morgan fingerprint density at radius 1 is 1.48 bits per heavy atom. The molecule has 1 amide bonds. The summed E-state index contributed by atoms with van der Waals surface area (Å²) >= 11 is 3.27. The highest BCUT2D eigenvalue weighted by Gasteiger charge is 2.60. The molecular weight excluding hydrogens is 412 g/mol. The van der Waals surface area contributed by atoms with Crippen molar-refractivity contribution in [3.05, 3.63) is 23.1 Å². The Bertz CT molecular complexity index is 1040. The van der Waals surface area contributed by atoms with E-state index in [1.165, 1.54) is 16.2 Å². The molecule has 3 aliphatic heterocycles. The molecule has 2 fully saturated rings. The zero-order valence-corrected chi connectivity index (χ0v) is 17.7. The van der Waals surface area contributed by atoms with Gasteiger partial charge in [0.25, 0.3) is 0 Å². The number of thioether (sulfide) groups is 1. The number of aliphatic hydroxyl groups excluding tert-OH is 1. The first kappa shape index (κ1) is 19.1. The number of hydrogen-bond donors (Lipinski definition) is 3. The minimum absolute atomic E-state index is 0.0519. The smallest absolute Gasteiger partial charge is 0.352 e. The van der Waals surface area contributed by atoms with Crippen molar-refractivity contribution < 1.29 is 19.8 Å². The summed E-state index contributed by atoms with van der Waals surface area (Å²) in [4.78, 5) is 32.3. The molecule has 29 heavy (non-hydrogen) atoms. The Hall–Kier alpha value is -1.88. The standard InChI is InChI=1S/C19H22N4O4S2/c1-8-12(15(19(26)27)23-14(8)13(9(2)24)17(23)25)11-6-22-7-21-16(18(22)29-11)28-10-3-4-20-5-10/h6-10,13-14,20,24H,3-5H2,1-2H3,(H,26,27)/t8-,9+,10-,13+,14+/m0/s1. The van der Waals surface area contributed by atoms with Crippen LogP contribution in [0.3, 0.4) is 0 Å². The largest absolute Gasteiger partial charge is 0.477 e. The zero-order valence-electron chi connectivity index (χ0n) is 16.0. The second-order valence-corrected chi connectivity index (χ2v) is 10.2. The maximum Gasteiger partial charge on any atom is 0.352 e. The van der Waals surface area contributed by atoms with Gasteiger partial charge in [-0.2, -0.15) is 0 Å². The molecule has 0 aromatic carbocycles. The van der Waals surface area contributed by atoms with Crippen molar-refractivity contribution in [2.75, 3.05) is 13.1 Å². The molecule has 0 unspecified atom stereocenters. The second kappa shape index (κ2) is 6.83. The summed E-state index contributed by atoms with van der Waals surface area (Å²) in [7, 11) is 0. The Morgan fingerprint density at radius 2 is 2.28 bits per heavy atom. The first-order chi connectivity index (χ1) is 13.9. The highest BCUT2D eigenvalue weighted by molar-refractivity contribution is 8.00. The average molecular weight is 435 g/mol. The van der Waals surface area contributed by atoms with Crippen LogP contribution in [0, 0.1) is 11.8 Å². The summed E-state index contributed by atoms with van der Waals surface area (Å²) in [5, 5.41) is 24.7. The van der Waals surface area contributed by atoms with Gasteiger partial charge in [0.2, 0.25) is 5.91 Å². The number of aliphatic carboxylic acids is 1. The van der Waals surface area contributed by atoms with Crippen molar-refractivity contribution in [1.82, 2.24) is 19.6 Å². The normalized spacial score (nSPS) is 30.2. The monoisotopic (exact) mass is 434 g/mol. The molecule has 5 heterocycles. The molecule has 0 saturated carbocycles. The number of nitrogens with one attached hydrogen (secondary N) is 1. The molecule has 0 aliphatic carbocycles. The lowest BCUT2D eigenvalue weighted by Gasteiger charge is -2.46. The number of aliphatic hydroxyl groups is 1. The van der Waals surface area contributed by atoms with Gasteiger partial charge in [0.05, 0.1) is 22.9 Å². The molecule has 2 saturated heterocycles. The fourth-order valence-electron chi connectivity index (χ4n) is 4.76. The third-order valence-corrected chi connectivity index (χ3v) is 8.64. The molecule has 10 heteroatoms. The maximum atomic E-state index is 12.5. The van der Waals surface area contributed by atoms with Crippen LogP contribution >= 0.6 is 23.1 Å². The third kappa shape index (κ3) is 2.77. The van der Waals surface area contributed by atoms with E-state index in [2.05, 4.69) is 10.3 Å². The predicted molar refractivity (Wildman–Crippen MR) is 110 cm³/mol. The minimum Gasteiger partial charge on any atom is -0.477 e. The Balaban J connectivity index is 1.54. The molecule has 0 radical (unpaired) electrons. The number of β-lactam (4-membered cyclic amide) rings is 1. The van der Waals surface area contributed by atoms with Gasteiger partial charge < -0.3 is 20.4 Å². The van der Waals surface area contributed by atoms with Crippen LogP contribution < -0.4 is 5.32 Å². The van der Waals surface area contributed by atoms with E-state index in [1.807, 2.05) is 17.5 Å². The Kier molecular flexibility index (Phi) is 4.50. The first-order valence-electron chi connectivity index (χ1n) is 9.71. The van der Waals surface area contributed by atoms with E-state index in [0.29, 0.717) is 10.8 Å². The number of thiazole rings is 1. The highest BCUT2D eigenvalue weighted by atomic mass is 32.2. The van der Waals surface area contributed by atoms with Crippen molar-refractivity contribution in [3.8, 4) is 0 Å². The van der Waals surface area contributed by atoms with E-state index < -0.39 is 18.0 Å². The van der Waals surface area contributed by atoms with Crippen LogP contribution in [0.1, 0.15) is 25.1 Å². The van der Waals surface area contributed by atoms with Crippen LogP contribution in [-0.2, 0) is 9.59 Å². The number of carboxylic acids is 1. The van der Waals surface area contributed by atoms with E-state index in [9.17, 15) is 19.8 Å². The Labute approximate surface area is 175 Å². The third-order valence-electron chi connectivity index (χ3n) is 6.11. The summed E-state index contributed by atoms with van der Waals surface area (Å²) in [6.45, 7) is 5.52. The van der Waals surface area contributed by atoms with E-state index in [-0.39, 0.29) is 23.6 Å². The molecule has 5 atom stereocenters. The fraction of sp³-hybridized carbons (Fsp3) is 0.526. The number of rotatable bonds is 5. The molecule has 3 aliphatic rings. The lowest BCUT2D eigenvalue weighted by atomic mass is 9.77. The van der Waals surface area contributed by atoms with Crippen LogP contribution in [0.2, 0.25) is 0 Å². The van der Waals surface area contributed by atoms with Gasteiger partial charge in [0.15, 0.2) is 0 Å². The summed E-state index contributed by atoms with van der Waals surface area (Å²) in [5.74, 6) is -2.12. The number of aromatic nitrogens is 2. The number of carbonyl (C=O) groups is 2. The van der Waals surface area contributed by atoms with Crippen molar-refractivity contribution >= 4 is 45.4 Å². The van der Waals surface area contributed by atoms with Crippen LogP contribution in [0.5, 0.6) is 0 Å². The first-order valence-corrected chi connectivity index (χ1v) is 11.4. The average Bonchev–Trinajstić information content (AvgIpc) is 3.39. The number of imidazole rings is 1. The van der Waals surface area contributed by atoms with Gasteiger partial charge in [0.1, 0.15) is 21.9 Å². The zero-order chi connectivity index (χ0) is 20.4. The van der Waals surface area contributed by atoms with Gasteiger partial charge in [-0.3, -0.25) is 9.20 Å². The van der Waals surface area contributed by atoms with E-state index in [4.69, 9.17) is 0 Å². The van der Waals surface area contributed by atoms with Gasteiger partial charge in [-0.05, 0) is 19.9 Å². The van der Waals surface area contributed by atoms with Gasteiger partial charge in [-0.15, -0.1) is 11.3 Å². The molecule has 5 rings (SSSR count). The number of nitrogens with zero attached hydrogens (tertiary/aromatic N) is 3. The van der Waals surface area contributed by atoms with Crippen LogP contribution in [0.15, 0.2) is 23.2 Å². The second-order valence-electron chi connectivity index (χ2n) is 7.91. The molecule has 2 aromatic heterocycles. The van der Waals surface area contributed by atoms with Crippen molar-refractivity contribution in [3.63, 3.8) is 0 Å². The van der Waals surface area contributed by atoms with Gasteiger partial charge in [-0.25, -0.2) is 9.78 Å². The van der Waals surface area contributed by atoms with Gasteiger partial charge in [0, 0.05) is 29.5 Å². The van der Waals surface area contributed by atoms with Gasteiger partial charge in [-0.1, -0.05) is 18.7 Å². The number of fused-ring (bicyclic) bond motifs is 2. The van der Waals surface area contributed by atoms with E-state index in [0.717, 1.165) is 34.2 Å². The van der Waals surface area contributed by atoms with Crippen LogP contribution in [-0.4, -0.2) is 66.9 Å². The quantitative estimate of drug-likeness (QED) is 0.612. The lowest BCUT2D eigenvalue weighted by Crippen LogP contribution is -2.63. The van der Waals surface area contributed by atoms with E-state index in [1.54, 1.807) is 25.0 Å².